The Morgan fingerprint density at radius 3 is 1.88 bits per heavy atom. The third-order valence-corrected chi connectivity index (χ3v) is 6.33. The minimum Gasteiger partial charge on any atom is -0.507 e. The molecule has 158 valence electrons. The van der Waals surface area contributed by atoms with Crippen LogP contribution in [0.4, 0.5) is 0 Å². The first-order chi connectivity index (χ1) is 15.5. The molecule has 0 aromatic heterocycles. The number of aryl methyl sites for hydroxylation is 3. The van der Waals surface area contributed by atoms with Gasteiger partial charge >= 0.3 is 0 Å². The summed E-state index contributed by atoms with van der Waals surface area (Å²) >= 11 is 0. The summed E-state index contributed by atoms with van der Waals surface area (Å²) in [5.41, 5.74) is 7.20. The topological polar surface area (TPSA) is 29.5 Å². The molecule has 0 bridgehead atoms. The lowest BCUT2D eigenvalue weighted by molar-refractivity contribution is 0.416. The predicted octanol–water partition coefficient (Wildman–Crippen LogP) is 7.97. The van der Waals surface area contributed by atoms with E-state index in [0.717, 1.165) is 60.7 Å². The van der Waals surface area contributed by atoms with E-state index in [-0.39, 0.29) is 5.75 Å². The van der Waals surface area contributed by atoms with Crippen LogP contribution in [-0.4, -0.2) is 12.2 Å². The summed E-state index contributed by atoms with van der Waals surface area (Å²) in [5.74, 6) is 1.03. The highest BCUT2D eigenvalue weighted by molar-refractivity contribution is 6.12. The first kappa shape index (κ1) is 20.1. The van der Waals surface area contributed by atoms with Crippen molar-refractivity contribution < 1.29 is 9.84 Å². The second kappa shape index (κ2) is 7.72. The molecular weight excluding hydrogens is 392 g/mol. The van der Waals surface area contributed by atoms with Crippen LogP contribution in [0.1, 0.15) is 16.7 Å². The van der Waals surface area contributed by atoms with Crippen LogP contribution in [-0.2, 0) is 0 Å². The fourth-order valence-electron chi connectivity index (χ4n) is 5.06. The number of rotatable bonds is 3. The lowest BCUT2D eigenvalue weighted by Crippen LogP contribution is -1.95. The molecule has 5 aromatic rings. The molecule has 0 amide bonds. The summed E-state index contributed by atoms with van der Waals surface area (Å²) in [6.45, 7) is 6.33. The van der Waals surface area contributed by atoms with Gasteiger partial charge < -0.3 is 9.84 Å². The zero-order valence-electron chi connectivity index (χ0n) is 18.9. The number of phenolic OH excluding ortho intramolecular Hbond substituents is 1. The molecule has 2 heteroatoms. The van der Waals surface area contributed by atoms with Crippen LogP contribution in [0, 0.1) is 20.8 Å². The van der Waals surface area contributed by atoms with E-state index in [1.54, 1.807) is 7.11 Å². The van der Waals surface area contributed by atoms with Crippen LogP contribution in [0.25, 0.3) is 43.8 Å². The molecule has 0 unspecified atom stereocenters. The quantitative estimate of drug-likeness (QED) is 0.322. The molecule has 0 aliphatic heterocycles. The molecule has 0 atom stereocenters. The number of phenols is 1. The smallest absolute Gasteiger partial charge is 0.132 e. The van der Waals surface area contributed by atoms with Crippen LogP contribution in [0.15, 0.2) is 78.9 Å². The lowest BCUT2D eigenvalue weighted by Gasteiger charge is -2.20. The summed E-state index contributed by atoms with van der Waals surface area (Å²) in [6, 6.07) is 27.0. The first-order valence-corrected chi connectivity index (χ1v) is 10.9. The van der Waals surface area contributed by atoms with E-state index in [9.17, 15) is 5.11 Å². The largest absolute Gasteiger partial charge is 0.507 e. The summed E-state index contributed by atoms with van der Waals surface area (Å²) in [4.78, 5) is 0. The molecule has 0 spiro atoms. The lowest BCUT2D eigenvalue weighted by atomic mass is 9.86. The zero-order chi connectivity index (χ0) is 22.4. The summed E-state index contributed by atoms with van der Waals surface area (Å²) < 4.78 is 5.81. The zero-order valence-corrected chi connectivity index (χ0v) is 18.9. The summed E-state index contributed by atoms with van der Waals surface area (Å²) in [6.07, 6.45) is 0. The number of benzene rings is 5. The van der Waals surface area contributed by atoms with Crippen LogP contribution in [0.5, 0.6) is 11.5 Å². The molecule has 0 saturated heterocycles. The van der Waals surface area contributed by atoms with Crippen molar-refractivity contribution in [2.75, 3.05) is 7.11 Å². The van der Waals surface area contributed by atoms with Crippen molar-refractivity contribution in [2.24, 2.45) is 0 Å². The Morgan fingerprint density at radius 2 is 1.22 bits per heavy atom. The van der Waals surface area contributed by atoms with Crippen LogP contribution in [0.2, 0.25) is 0 Å². The molecule has 2 nitrogen and oxygen atoms in total. The van der Waals surface area contributed by atoms with Gasteiger partial charge in [-0.3, -0.25) is 0 Å². The van der Waals surface area contributed by atoms with Crippen molar-refractivity contribution >= 4 is 21.5 Å². The highest BCUT2D eigenvalue weighted by atomic mass is 16.5. The van der Waals surface area contributed by atoms with Crippen molar-refractivity contribution in [3.8, 4) is 33.8 Å². The van der Waals surface area contributed by atoms with Gasteiger partial charge in [-0.2, -0.15) is 0 Å². The Bertz CT molecular complexity index is 1470. The molecule has 5 rings (SSSR count). The Morgan fingerprint density at radius 1 is 0.625 bits per heavy atom. The SMILES string of the molecule is COc1ccc2ccccc2c1-c1c(O)c(-c2c(C)cc(C)cc2C)cc2ccccc12. The van der Waals surface area contributed by atoms with Crippen LogP contribution >= 0.6 is 0 Å². The number of aromatic hydroxyl groups is 1. The summed E-state index contributed by atoms with van der Waals surface area (Å²) in [7, 11) is 1.69. The van der Waals surface area contributed by atoms with Gasteiger partial charge in [0.15, 0.2) is 0 Å². The van der Waals surface area contributed by atoms with Gasteiger partial charge in [0.2, 0.25) is 0 Å². The number of methoxy groups -OCH3 is 1. The van der Waals surface area contributed by atoms with Gasteiger partial charge in [0.05, 0.1) is 7.11 Å². The molecule has 0 fully saturated rings. The minimum absolute atomic E-state index is 0.286. The third-order valence-electron chi connectivity index (χ3n) is 6.33. The standard InChI is InChI=1S/C30H26O2/c1-18-15-19(2)27(20(3)16-18)25-17-22-10-6-8-12-24(22)29(30(25)31)28-23-11-7-5-9-21(23)13-14-26(28)32-4/h5-17,31H,1-4H3. The van der Waals surface area contributed by atoms with E-state index in [4.69, 9.17) is 4.74 Å². The van der Waals surface area contributed by atoms with E-state index >= 15 is 0 Å². The van der Waals surface area contributed by atoms with Crippen molar-refractivity contribution in [3.63, 3.8) is 0 Å². The maximum absolute atomic E-state index is 11.8. The van der Waals surface area contributed by atoms with Gasteiger partial charge in [0.1, 0.15) is 11.5 Å². The van der Waals surface area contributed by atoms with Crippen LogP contribution in [0.3, 0.4) is 0 Å². The van der Waals surface area contributed by atoms with E-state index in [1.165, 1.54) is 5.56 Å². The molecule has 32 heavy (non-hydrogen) atoms. The van der Waals surface area contributed by atoms with Gasteiger partial charge in [-0.25, -0.2) is 0 Å². The molecular formula is C30H26O2. The van der Waals surface area contributed by atoms with E-state index in [1.807, 2.05) is 30.3 Å². The average Bonchev–Trinajstić information content (AvgIpc) is 2.78. The van der Waals surface area contributed by atoms with Crippen molar-refractivity contribution in [1.82, 2.24) is 0 Å². The average molecular weight is 419 g/mol. The van der Waals surface area contributed by atoms with Gasteiger partial charge in [-0.15, -0.1) is 0 Å². The fourth-order valence-corrected chi connectivity index (χ4v) is 5.06. The van der Waals surface area contributed by atoms with E-state index in [0.29, 0.717) is 0 Å². The highest BCUT2D eigenvalue weighted by Crippen LogP contribution is 2.49. The number of hydrogen-bond acceptors (Lipinski definition) is 2. The monoisotopic (exact) mass is 418 g/mol. The Kier molecular flexibility index (Phi) is 4.86. The van der Waals surface area contributed by atoms with Gasteiger partial charge in [-0.1, -0.05) is 72.3 Å². The molecule has 0 aliphatic rings. The van der Waals surface area contributed by atoms with Gasteiger partial charge in [-0.05, 0) is 71.1 Å². The maximum Gasteiger partial charge on any atom is 0.132 e. The summed E-state index contributed by atoms with van der Waals surface area (Å²) in [5, 5.41) is 16.1. The molecule has 0 heterocycles. The highest BCUT2D eigenvalue weighted by Gasteiger charge is 2.22. The normalized spacial score (nSPS) is 11.2. The van der Waals surface area contributed by atoms with Crippen molar-refractivity contribution in [1.29, 1.82) is 0 Å². The molecule has 5 aromatic carbocycles. The van der Waals surface area contributed by atoms with Gasteiger partial charge in [0.25, 0.3) is 0 Å². The fraction of sp³-hybridized carbons (Fsp3) is 0.133. The molecule has 0 aliphatic carbocycles. The second-order valence-corrected chi connectivity index (χ2v) is 8.51. The van der Waals surface area contributed by atoms with E-state index in [2.05, 4.69) is 69.3 Å². The molecule has 1 N–H and O–H groups in total. The predicted molar refractivity (Wildman–Crippen MR) is 135 cm³/mol. The first-order valence-electron chi connectivity index (χ1n) is 10.9. The Hall–Kier alpha value is -3.78. The van der Waals surface area contributed by atoms with E-state index < -0.39 is 0 Å². The van der Waals surface area contributed by atoms with Gasteiger partial charge in [0, 0.05) is 16.7 Å². The number of ether oxygens (including phenoxy) is 1. The second-order valence-electron chi connectivity index (χ2n) is 8.51. The third kappa shape index (κ3) is 3.11. The Balaban J connectivity index is 1.97. The van der Waals surface area contributed by atoms with Crippen molar-refractivity contribution in [3.05, 3.63) is 95.6 Å². The Labute approximate surface area is 188 Å². The maximum atomic E-state index is 11.8. The number of hydrogen-bond donors (Lipinski definition) is 1. The minimum atomic E-state index is 0.286. The van der Waals surface area contributed by atoms with Crippen molar-refractivity contribution in [2.45, 2.75) is 20.8 Å². The number of fused-ring (bicyclic) bond motifs is 2. The van der Waals surface area contributed by atoms with Crippen LogP contribution < -0.4 is 4.74 Å². The molecule has 0 saturated carbocycles. The molecule has 0 radical (unpaired) electrons.